The molecule has 0 saturated carbocycles. The molecule has 21 heavy (non-hydrogen) atoms. The second-order valence-corrected chi connectivity index (χ2v) is 7.63. The molecular weight excluding hydrogens is 258 g/mol. The maximum absolute atomic E-state index is 6.00. The smallest absolute Gasteiger partial charge is 0.122 e. The van der Waals surface area contributed by atoms with E-state index in [1.54, 1.807) is 0 Å². The van der Waals surface area contributed by atoms with Gasteiger partial charge in [0, 0.05) is 13.1 Å². The Balaban J connectivity index is 1.86. The Morgan fingerprint density at radius 3 is 2.67 bits per heavy atom. The van der Waals surface area contributed by atoms with Crippen molar-refractivity contribution in [2.75, 3.05) is 26.2 Å². The summed E-state index contributed by atoms with van der Waals surface area (Å²) >= 11 is 0. The fraction of sp³-hybridized carbons (Fsp3) is 0.684. The molecule has 0 bridgehead atoms. The van der Waals surface area contributed by atoms with E-state index in [4.69, 9.17) is 4.74 Å². The van der Waals surface area contributed by atoms with Crippen molar-refractivity contribution in [2.24, 2.45) is 5.92 Å². The lowest BCUT2D eigenvalue weighted by Crippen LogP contribution is -2.37. The van der Waals surface area contributed by atoms with E-state index in [0.29, 0.717) is 0 Å². The van der Waals surface area contributed by atoms with Crippen LogP contribution in [-0.4, -0.2) is 31.1 Å². The van der Waals surface area contributed by atoms with Crippen molar-refractivity contribution in [1.29, 1.82) is 0 Å². The molecule has 2 nitrogen and oxygen atoms in total. The van der Waals surface area contributed by atoms with Gasteiger partial charge >= 0.3 is 0 Å². The molecule has 0 radical (unpaired) electrons. The minimum absolute atomic E-state index is 0.202. The third kappa shape index (κ3) is 4.74. The van der Waals surface area contributed by atoms with Gasteiger partial charge in [0.15, 0.2) is 0 Å². The summed E-state index contributed by atoms with van der Waals surface area (Å²) in [5.74, 6) is 1.87. The number of rotatable bonds is 4. The standard InChI is InChI=1S/C19H31NO/c1-15-7-6-10-20(14-15)11-12-21-18-9-8-17(13-16(18)2)19(3,4)5/h8-9,13,15H,6-7,10-12,14H2,1-5H3. The van der Waals surface area contributed by atoms with E-state index in [-0.39, 0.29) is 5.41 Å². The van der Waals surface area contributed by atoms with Crippen LogP contribution >= 0.6 is 0 Å². The summed E-state index contributed by atoms with van der Waals surface area (Å²) in [7, 11) is 0. The lowest BCUT2D eigenvalue weighted by molar-refractivity contribution is 0.153. The number of ether oxygens (including phenoxy) is 1. The predicted octanol–water partition coefficient (Wildman–Crippen LogP) is 4.40. The first-order chi connectivity index (χ1) is 9.86. The topological polar surface area (TPSA) is 12.5 Å². The third-order valence-corrected chi connectivity index (χ3v) is 4.45. The maximum atomic E-state index is 6.00. The van der Waals surface area contributed by atoms with Crippen molar-refractivity contribution < 1.29 is 4.74 Å². The van der Waals surface area contributed by atoms with Crippen LogP contribution in [0, 0.1) is 12.8 Å². The molecule has 2 rings (SSSR count). The van der Waals surface area contributed by atoms with Crippen molar-refractivity contribution in [2.45, 2.75) is 52.9 Å². The molecular formula is C19H31NO. The average molecular weight is 289 g/mol. The van der Waals surface area contributed by atoms with E-state index in [1.165, 1.54) is 37.1 Å². The van der Waals surface area contributed by atoms with Gasteiger partial charge in [-0.2, -0.15) is 0 Å². The molecule has 1 aliphatic heterocycles. The van der Waals surface area contributed by atoms with Gasteiger partial charge in [-0.3, -0.25) is 4.90 Å². The number of benzene rings is 1. The number of nitrogens with zero attached hydrogens (tertiary/aromatic N) is 1. The number of likely N-dealkylation sites (tertiary alicyclic amines) is 1. The Morgan fingerprint density at radius 2 is 2.05 bits per heavy atom. The lowest BCUT2D eigenvalue weighted by atomic mass is 9.86. The molecule has 1 aromatic carbocycles. The molecule has 0 N–H and O–H groups in total. The molecule has 118 valence electrons. The molecule has 1 aromatic rings. The van der Waals surface area contributed by atoms with Gasteiger partial charge in [-0.15, -0.1) is 0 Å². The second-order valence-electron chi connectivity index (χ2n) is 7.63. The van der Waals surface area contributed by atoms with Gasteiger partial charge in [0.1, 0.15) is 12.4 Å². The summed E-state index contributed by atoms with van der Waals surface area (Å²) < 4.78 is 6.00. The van der Waals surface area contributed by atoms with Gasteiger partial charge in [-0.25, -0.2) is 0 Å². The minimum atomic E-state index is 0.202. The molecule has 1 heterocycles. The van der Waals surface area contributed by atoms with E-state index in [1.807, 2.05) is 0 Å². The molecule has 1 unspecified atom stereocenters. The van der Waals surface area contributed by atoms with Crippen LogP contribution in [-0.2, 0) is 5.41 Å². The number of piperidine rings is 1. The van der Waals surface area contributed by atoms with Gasteiger partial charge in [0.05, 0.1) is 0 Å². The molecule has 0 amide bonds. The number of hydrogen-bond donors (Lipinski definition) is 0. The van der Waals surface area contributed by atoms with Gasteiger partial charge in [0.2, 0.25) is 0 Å². The predicted molar refractivity (Wildman–Crippen MR) is 90.2 cm³/mol. The van der Waals surface area contributed by atoms with Crippen molar-refractivity contribution in [3.63, 3.8) is 0 Å². The first kappa shape index (κ1) is 16.4. The Bertz CT molecular complexity index is 461. The van der Waals surface area contributed by atoms with E-state index in [9.17, 15) is 0 Å². The highest BCUT2D eigenvalue weighted by Gasteiger charge is 2.17. The van der Waals surface area contributed by atoms with E-state index in [0.717, 1.165) is 24.8 Å². The molecule has 1 atom stereocenters. The summed E-state index contributed by atoms with van der Waals surface area (Å²) in [5, 5.41) is 0. The second kappa shape index (κ2) is 6.83. The normalized spacial score (nSPS) is 20.5. The average Bonchev–Trinajstić information content (AvgIpc) is 2.39. The zero-order valence-electron chi connectivity index (χ0n) is 14.4. The van der Waals surface area contributed by atoms with Gasteiger partial charge in [0.25, 0.3) is 0 Å². The van der Waals surface area contributed by atoms with Crippen LogP contribution in [0.25, 0.3) is 0 Å². The van der Waals surface area contributed by atoms with Crippen molar-refractivity contribution >= 4 is 0 Å². The van der Waals surface area contributed by atoms with Gasteiger partial charge in [-0.05, 0) is 54.8 Å². The highest BCUT2D eigenvalue weighted by atomic mass is 16.5. The first-order valence-electron chi connectivity index (χ1n) is 8.32. The van der Waals surface area contributed by atoms with Crippen LogP contribution in [0.1, 0.15) is 51.7 Å². The fourth-order valence-corrected chi connectivity index (χ4v) is 3.05. The molecule has 0 aromatic heterocycles. The Labute approximate surface area is 130 Å². The Kier molecular flexibility index (Phi) is 5.32. The summed E-state index contributed by atoms with van der Waals surface area (Å²) in [6.45, 7) is 15.5. The SMILES string of the molecule is Cc1cc(C(C)(C)C)ccc1OCCN1CCCC(C)C1. The third-order valence-electron chi connectivity index (χ3n) is 4.45. The van der Waals surface area contributed by atoms with Crippen LogP contribution in [0.3, 0.4) is 0 Å². The van der Waals surface area contributed by atoms with Crippen LogP contribution in [0.5, 0.6) is 5.75 Å². The minimum Gasteiger partial charge on any atom is -0.492 e. The zero-order valence-corrected chi connectivity index (χ0v) is 14.4. The summed E-state index contributed by atoms with van der Waals surface area (Å²) in [6.07, 6.45) is 2.71. The highest BCUT2D eigenvalue weighted by Crippen LogP contribution is 2.27. The molecule has 0 aliphatic carbocycles. The Hall–Kier alpha value is -1.02. The quantitative estimate of drug-likeness (QED) is 0.814. The van der Waals surface area contributed by atoms with E-state index in [2.05, 4.69) is 57.7 Å². The van der Waals surface area contributed by atoms with Crippen LogP contribution in [0.4, 0.5) is 0 Å². The van der Waals surface area contributed by atoms with Crippen molar-refractivity contribution in [3.8, 4) is 5.75 Å². The summed E-state index contributed by atoms with van der Waals surface area (Å²) in [5.41, 5.74) is 2.82. The van der Waals surface area contributed by atoms with E-state index >= 15 is 0 Å². The molecule has 2 heteroatoms. The van der Waals surface area contributed by atoms with Gasteiger partial charge in [-0.1, -0.05) is 39.8 Å². The molecule has 0 spiro atoms. The van der Waals surface area contributed by atoms with Crippen LogP contribution < -0.4 is 4.74 Å². The number of aryl methyl sites for hydroxylation is 1. The highest BCUT2D eigenvalue weighted by molar-refractivity contribution is 5.38. The van der Waals surface area contributed by atoms with Crippen LogP contribution in [0.15, 0.2) is 18.2 Å². The summed E-state index contributed by atoms with van der Waals surface area (Å²) in [4.78, 5) is 2.53. The maximum Gasteiger partial charge on any atom is 0.122 e. The zero-order chi connectivity index (χ0) is 15.5. The largest absolute Gasteiger partial charge is 0.492 e. The monoisotopic (exact) mass is 289 g/mol. The molecule has 1 fully saturated rings. The van der Waals surface area contributed by atoms with Gasteiger partial charge < -0.3 is 4.74 Å². The fourth-order valence-electron chi connectivity index (χ4n) is 3.05. The van der Waals surface area contributed by atoms with Crippen LogP contribution in [0.2, 0.25) is 0 Å². The number of hydrogen-bond acceptors (Lipinski definition) is 2. The van der Waals surface area contributed by atoms with Crippen molar-refractivity contribution in [1.82, 2.24) is 4.90 Å². The molecule has 1 saturated heterocycles. The molecule has 1 aliphatic rings. The van der Waals surface area contributed by atoms with Crippen molar-refractivity contribution in [3.05, 3.63) is 29.3 Å². The first-order valence-corrected chi connectivity index (χ1v) is 8.32. The van der Waals surface area contributed by atoms with E-state index < -0.39 is 0 Å². The summed E-state index contributed by atoms with van der Waals surface area (Å²) in [6, 6.07) is 6.60. The lowest BCUT2D eigenvalue weighted by Gasteiger charge is -2.30. The Morgan fingerprint density at radius 1 is 1.29 bits per heavy atom.